The van der Waals surface area contributed by atoms with Gasteiger partial charge in [-0.05, 0) is 32.3 Å². The number of carbonyl (C=O) groups excluding carboxylic acids is 1. The Hall–Kier alpha value is -1.68. The minimum atomic E-state index is 0.0517. The molecule has 1 heterocycles. The Kier molecular flexibility index (Phi) is 5.30. The Morgan fingerprint density at radius 3 is 2.75 bits per heavy atom. The van der Waals surface area contributed by atoms with Gasteiger partial charge < -0.3 is 5.32 Å². The van der Waals surface area contributed by atoms with Crippen LogP contribution in [-0.4, -0.2) is 16.9 Å². The maximum Gasteiger partial charge on any atom is 0.226 e. The van der Waals surface area contributed by atoms with Crippen molar-refractivity contribution in [2.24, 2.45) is 0 Å². The van der Waals surface area contributed by atoms with Gasteiger partial charge in [0.25, 0.3) is 0 Å². The number of carbonyl (C=O) groups is 1. The van der Waals surface area contributed by atoms with Crippen molar-refractivity contribution in [1.82, 2.24) is 10.3 Å². The van der Waals surface area contributed by atoms with Crippen LogP contribution in [-0.2, 0) is 17.6 Å². The zero-order chi connectivity index (χ0) is 14.4. The van der Waals surface area contributed by atoms with E-state index in [0.717, 1.165) is 23.5 Å². The number of amides is 1. The number of thiazole rings is 1. The van der Waals surface area contributed by atoms with Crippen LogP contribution in [0.3, 0.4) is 0 Å². The summed E-state index contributed by atoms with van der Waals surface area (Å²) in [6.07, 6.45) is 2.31. The molecule has 1 atom stereocenters. The molecule has 0 aliphatic heterocycles. The van der Waals surface area contributed by atoms with E-state index in [1.54, 1.807) is 11.3 Å². The molecule has 2 aromatic rings. The SMILES string of the molecule is Cc1nc(CC(=O)NC(C)CCc2ccccc2)cs1. The topological polar surface area (TPSA) is 42.0 Å². The first-order valence-corrected chi connectivity index (χ1v) is 7.76. The molecule has 3 nitrogen and oxygen atoms in total. The third-order valence-corrected chi connectivity index (χ3v) is 3.95. The zero-order valence-corrected chi connectivity index (χ0v) is 12.7. The molecule has 1 aromatic heterocycles. The minimum Gasteiger partial charge on any atom is -0.353 e. The predicted molar refractivity (Wildman–Crippen MR) is 82.9 cm³/mol. The maximum atomic E-state index is 11.9. The molecule has 20 heavy (non-hydrogen) atoms. The van der Waals surface area contributed by atoms with E-state index in [1.807, 2.05) is 37.4 Å². The van der Waals surface area contributed by atoms with E-state index >= 15 is 0 Å². The molecule has 106 valence electrons. The molecule has 0 saturated carbocycles. The highest BCUT2D eigenvalue weighted by atomic mass is 32.1. The molecule has 1 amide bonds. The maximum absolute atomic E-state index is 11.9. The van der Waals surface area contributed by atoms with Gasteiger partial charge in [0, 0.05) is 11.4 Å². The fraction of sp³-hybridized carbons (Fsp3) is 0.375. The van der Waals surface area contributed by atoms with Gasteiger partial charge in [0.2, 0.25) is 5.91 Å². The highest BCUT2D eigenvalue weighted by molar-refractivity contribution is 7.09. The van der Waals surface area contributed by atoms with E-state index in [1.165, 1.54) is 5.56 Å². The molecule has 0 bridgehead atoms. The summed E-state index contributed by atoms with van der Waals surface area (Å²) in [4.78, 5) is 16.2. The van der Waals surface area contributed by atoms with Crippen LogP contribution in [0.1, 0.15) is 29.6 Å². The molecule has 0 aliphatic carbocycles. The third kappa shape index (κ3) is 4.78. The number of nitrogens with one attached hydrogen (secondary N) is 1. The molecule has 1 N–H and O–H groups in total. The van der Waals surface area contributed by atoms with Gasteiger partial charge in [-0.15, -0.1) is 11.3 Å². The van der Waals surface area contributed by atoms with Crippen molar-refractivity contribution in [1.29, 1.82) is 0 Å². The minimum absolute atomic E-state index is 0.0517. The van der Waals surface area contributed by atoms with Crippen LogP contribution in [0, 0.1) is 6.92 Å². The third-order valence-electron chi connectivity index (χ3n) is 3.12. The van der Waals surface area contributed by atoms with Crippen molar-refractivity contribution < 1.29 is 4.79 Å². The monoisotopic (exact) mass is 288 g/mol. The number of benzene rings is 1. The first kappa shape index (κ1) is 14.7. The molecule has 0 saturated heterocycles. The molecular weight excluding hydrogens is 268 g/mol. The standard InChI is InChI=1S/C16H20N2OS/c1-12(8-9-14-6-4-3-5-7-14)17-16(19)10-15-11-20-13(2)18-15/h3-7,11-12H,8-10H2,1-2H3,(H,17,19). The van der Waals surface area contributed by atoms with E-state index < -0.39 is 0 Å². The van der Waals surface area contributed by atoms with Gasteiger partial charge in [0.1, 0.15) is 0 Å². The molecule has 2 rings (SSSR count). The molecule has 1 aromatic carbocycles. The van der Waals surface area contributed by atoms with Crippen molar-refractivity contribution in [3.63, 3.8) is 0 Å². The van der Waals surface area contributed by atoms with E-state index in [0.29, 0.717) is 6.42 Å². The first-order chi connectivity index (χ1) is 9.63. The quantitative estimate of drug-likeness (QED) is 0.887. The number of hydrogen-bond donors (Lipinski definition) is 1. The van der Waals surface area contributed by atoms with Gasteiger partial charge in [0.15, 0.2) is 0 Å². The summed E-state index contributed by atoms with van der Waals surface area (Å²) < 4.78 is 0. The second-order valence-corrected chi connectivity index (χ2v) is 6.09. The highest BCUT2D eigenvalue weighted by Gasteiger charge is 2.10. The Bertz CT molecular complexity index is 551. The van der Waals surface area contributed by atoms with Crippen molar-refractivity contribution in [2.45, 2.75) is 39.2 Å². The second-order valence-electron chi connectivity index (χ2n) is 5.03. The van der Waals surface area contributed by atoms with Crippen LogP contribution in [0.5, 0.6) is 0 Å². The van der Waals surface area contributed by atoms with Gasteiger partial charge in [0.05, 0.1) is 17.1 Å². The van der Waals surface area contributed by atoms with Crippen LogP contribution in [0.4, 0.5) is 0 Å². The lowest BCUT2D eigenvalue weighted by Crippen LogP contribution is -2.34. The largest absolute Gasteiger partial charge is 0.353 e. The second kappa shape index (κ2) is 7.20. The lowest BCUT2D eigenvalue weighted by Gasteiger charge is -2.13. The van der Waals surface area contributed by atoms with Gasteiger partial charge >= 0.3 is 0 Å². The van der Waals surface area contributed by atoms with Crippen molar-refractivity contribution in [3.8, 4) is 0 Å². The van der Waals surface area contributed by atoms with Gasteiger partial charge in [-0.3, -0.25) is 4.79 Å². The summed E-state index contributed by atoms with van der Waals surface area (Å²) >= 11 is 1.58. The molecular formula is C16H20N2OS. The van der Waals surface area contributed by atoms with E-state index in [9.17, 15) is 4.79 Å². The molecule has 0 fully saturated rings. The summed E-state index contributed by atoms with van der Waals surface area (Å²) in [5.74, 6) is 0.0517. The fourth-order valence-corrected chi connectivity index (χ4v) is 2.69. The Balaban J connectivity index is 1.73. The summed E-state index contributed by atoms with van der Waals surface area (Å²) in [6, 6.07) is 10.5. The number of hydrogen-bond acceptors (Lipinski definition) is 3. The number of rotatable bonds is 6. The van der Waals surface area contributed by atoms with Crippen molar-refractivity contribution in [2.75, 3.05) is 0 Å². The number of aromatic nitrogens is 1. The number of aryl methyl sites for hydroxylation is 2. The average molecular weight is 288 g/mol. The lowest BCUT2D eigenvalue weighted by molar-refractivity contribution is -0.121. The molecule has 0 radical (unpaired) electrons. The molecule has 1 unspecified atom stereocenters. The zero-order valence-electron chi connectivity index (χ0n) is 11.9. The first-order valence-electron chi connectivity index (χ1n) is 6.88. The fourth-order valence-electron chi connectivity index (χ4n) is 2.08. The number of nitrogens with zero attached hydrogens (tertiary/aromatic N) is 1. The lowest BCUT2D eigenvalue weighted by atomic mass is 10.1. The summed E-state index contributed by atoms with van der Waals surface area (Å²) in [5, 5.41) is 5.99. The van der Waals surface area contributed by atoms with Crippen LogP contribution >= 0.6 is 11.3 Å². The predicted octanol–water partition coefficient (Wildman–Crippen LogP) is 3.13. The Morgan fingerprint density at radius 1 is 1.35 bits per heavy atom. The molecule has 0 aliphatic rings. The van der Waals surface area contributed by atoms with Crippen LogP contribution in [0.25, 0.3) is 0 Å². The summed E-state index contributed by atoms with van der Waals surface area (Å²) in [7, 11) is 0. The van der Waals surface area contributed by atoms with Crippen LogP contribution in [0.2, 0.25) is 0 Å². The molecule has 4 heteroatoms. The Morgan fingerprint density at radius 2 is 2.10 bits per heavy atom. The normalized spacial score (nSPS) is 12.1. The van der Waals surface area contributed by atoms with E-state index in [4.69, 9.17) is 0 Å². The Labute approximate surface area is 124 Å². The highest BCUT2D eigenvalue weighted by Crippen LogP contribution is 2.09. The average Bonchev–Trinajstić information content (AvgIpc) is 2.83. The van der Waals surface area contributed by atoms with E-state index in [2.05, 4.69) is 22.4 Å². The molecule has 0 spiro atoms. The van der Waals surface area contributed by atoms with Gasteiger partial charge in [-0.2, -0.15) is 0 Å². The van der Waals surface area contributed by atoms with Gasteiger partial charge in [-0.1, -0.05) is 30.3 Å². The van der Waals surface area contributed by atoms with Gasteiger partial charge in [-0.25, -0.2) is 4.98 Å². The van der Waals surface area contributed by atoms with Crippen molar-refractivity contribution in [3.05, 3.63) is 52.0 Å². The van der Waals surface area contributed by atoms with Crippen molar-refractivity contribution >= 4 is 17.2 Å². The smallest absolute Gasteiger partial charge is 0.226 e. The van der Waals surface area contributed by atoms with E-state index in [-0.39, 0.29) is 11.9 Å². The van der Waals surface area contributed by atoms with Crippen LogP contribution in [0.15, 0.2) is 35.7 Å². The van der Waals surface area contributed by atoms with Crippen LogP contribution < -0.4 is 5.32 Å². The summed E-state index contributed by atoms with van der Waals surface area (Å²) in [6.45, 7) is 4.00. The summed E-state index contributed by atoms with van der Waals surface area (Å²) in [5.41, 5.74) is 2.17.